The molecule has 0 spiro atoms. The SMILES string of the molecule is COC(=O)c1sccc1I. The summed E-state index contributed by atoms with van der Waals surface area (Å²) in [6.45, 7) is 0. The maximum Gasteiger partial charge on any atom is 0.349 e. The second-order valence-corrected chi connectivity index (χ2v) is 3.67. The fourth-order valence-corrected chi connectivity index (χ4v) is 2.26. The van der Waals surface area contributed by atoms with Crippen LogP contribution < -0.4 is 0 Å². The highest BCUT2D eigenvalue weighted by atomic mass is 127. The Morgan fingerprint density at radius 3 is 2.90 bits per heavy atom. The molecule has 1 heterocycles. The van der Waals surface area contributed by atoms with Crippen LogP contribution in [-0.2, 0) is 4.74 Å². The molecule has 0 aliphatic rings. The minimum absolute atomic E-state index is 0.251. The van der Waals surface area contributed by atoms with Gasteiger partial charge in [-0.2, -0.15) is 0 Å². The van der Waals surface area contributed by atoms with Gasteiger partial charge in [0.1, 0.15) is 4.88 Å². The molecule has 0 aliphatic carbocycles. The topological polar surface area (TPSA) is 26.3 Å². The number of ether oxygens (including phenoxy) is 1. The third-order valence-corrected chi connectivity index (χ3v) is 3.15. The Labute approximate surface area is 76.3 Å². The van der Waals surface area contributed by atoms with Gasteiger partial charge in [-0.1, -0.05) is 0 Å². The summed E-state index contributed by atoms with van der Waals surface area (Å²) in [5.41, 5.74) is 0. The summed E-state index contributed by atoms with van der Waals surface area (Å²) in [5.74, 6) is -0.251. The van der Waals surface area contributed by atoms with Crippen molar-refractivity contribution in [3.05, 3.63) is 19.9 Å². The fraction of sp³-hybridized carbons (Fsp3) is 0.167. The van der Waals surface area contributed by atoms with Gasteiger partial charge < -0.3 is 4.74 Å². The Hall–Kier alpha value is -0.100. The number of carbonyl (C=O) groups is 1. The lowest BCUT2D eigenvalue weighted by Gasteiger charge is -1.93. The van der Waals surface area contributed by atoms with Crippen molar-refractivity contribution >= 4 is 39.9 Å². The normalized spacial score (nSPS) is 9.40. The van der Waals surface area contributed by atoms with E-state index in [0.717, 1.165) is 3.57 Å². The third-order valence-electron chi connectivity index (χ3n) is 0.988. The van der Waals surface area contributed by atoms with Crippen molar-refractivity contribution in [1.82, 2.24) is 0 Å². The molecule has 0 amide bonds. The standard InChI is InChI=1S/C6H5IO2S/c1-9-6(8)5-4(7)2-3-10-5/h2-3H,1H3. The summed E-state index contributed by atoms with van der Waals surface area (Å²) in [7, 11) is 1.39. The molecule has 0 atom stereocenters. The average Bonchev–Trinajstić information content (AvgIpc) is 2.34. The van der Waals surface area contributed by atoms with Crippen LogP contribution in [0, 0.1) is 3.57 Å². The number of esters is 1. The van der Waals surface area contributed by atoms with Crippen LogP contribution in [0.3, 0.4) is 0 Å². The van der Waals surface area contributed by atoms with E-state index in [1.165, 1.54) is 18.4 Å². The summed E-state index contributed by atoms with van der Waals surface area (Å²) >= 11 is 3.50. The highest BCUT2D eigenvalue weighted by Gasteiger charge is 2.09. The fourth-order valence-electron chi connectivity index (χ4n) is 0.532. The molecule has 0 bridgehead atoms. The molecule has 0 aliphatic heterocycles. The lowest BCUT2D eigenvalue weighted by atomic mass is 10.5. The van der Waals surface area contributed by atoms with Crippen molar-refractivity contribution in [2.24, 2.45) is 0 Å². The van der Waals surface area contributed by atoms with Gasteiger partial charge in [-0.05, 0) is 34.0 Å². The lowest BCUT2D eigenvalue weighted by molar-refractivity contribution is 0.0605. The summed E-state index contributed by atoms with van der Waals surface area (Å²) in [6.07, 6.45) is 0. The van der Waals surface area contributed by atoms with E-state index < -0.39 is 0 Å². The predicted molar refractivity (Wildman–Crippen MR) is 48.4 cm³/mol. The molecular formula is C6H5IO2S. The van der Waals surface area contributed by atoms with Crippen LogP contribution in [-0.4, -0.2) is 13.1 Å². The van der Waals surface area contributed by atoms with Crippen molar-refractivity contribution in [1.29, 1.82) is 0 Å². The van der Waals surface area contributed by atoms with Gasteiger partial charge in [-0.3, -0.25) is 0 Å². The second-order valence-electron chi connectivity index (χ2n) is 1.59. The number of thiophene rings is 1. The average molecular weight is 268 g/mol. The first kappa shape index (κ1) is 8.00. The number of halogens is 1. The molecule has 0 fully saturated rings. The minimum Gasteiger partial charge on any atom is -0.465 e. The zero-order valence-corrected chi connectivity index (χ0v) is 8.23. The van der Waals surface area contributed by atoms with Crippen LogP contribution in [0.4, 0.5) is 0 Å². The Balaban J connectivity index is 2.93. The van der Waals surface area contributed by atoms with E-state index >= 15 is 0 Å². The van der Waals surface area contributed by atoms with Crippen LogP contribution in [0.5, 0.6) is 0 Å². The van der Waals surface area contributed by atoms with Gasteiger partial charge in [0.15, 0.2) is 0 Å². The van der Waals surface area contributed by atoms with Crippen molar-refractivity contribution in [3.8, 4) is 0 Å². The molecule has 54 valence electrons. The van der Waals surface area contributed by atoms with Crippen molar-refractivity contribution in [2.45, 2.75) is 0 Å². The van der Waals surface area contributed by atoms with Gasteiger partial charge in [0.2, 0.25) is 0 Å². The Kier molecular flexibility index (Phi) is 2.67. The molecule has 0 aromatic carbocycles. The van der Waals surface area contributed by atoms with Crippen LogP contribution in [0.25, 0.3) is 0 Å². The van der Waals surface area contributed by atoms with Crippen molar-refractivity contribution in [3.63, 3.8) is 0 Å². The van der Waals surface area contributed by atoms with E-state index in [-0.39, 0.29) is 5.97 Å². The summed E-state index contributed by atoms with van der Waals surface area (Å²) < 4.78 is 5.50. The predicted octanol–water partition coefficient (Wildman–Crippen LogP) is 2.14. The number of hydrogen-bond acceptors (Lipinski definition) is 3. The molecule has 2 nitrogen and oxygen atoms in total. The maximum absolute atomic E-state index is 10.9. The van der Waals surface area contributed by atoms with Crippen LogP contribution in [0.1, 0.15) is 9.67 Å². The minimum atomic E-state index is -0.251. The molecule has 1 rings (SSSR count). The quantitative estimate of drug-likeness (QED) is 0.576. The van der Waals surface area contributed by atoms with Gasteiger partial charge in [-0.25, -0.2) is 4.79 Å². The van der Waals surface area contributed by atoms with Gasteiger partial charge in [-0.15, -0.1) is 11.3 Å². The van der Waals surface area contributed by atoms with Crippen LogP contribution in [0.15, 0.2) is 11.4 Å². The van der Waals surface area contributed by atoms with E-state index in [4.69, 9.17) is 0 Å². The van der Waals surface area contributed by atoms with E-state index in [0.29, 0.717) is 4.88 Å². The van der Waals surface area contributed by atoms with E-state index in [1.807, 2.05) is 11.4 Å². The molecule has 1 aromatic rings. The van der Waals surface area contributed by atoms with Gasteiger partial charge in [0, 0.05) is 3.57 Å². The number of rotatable bonds is 1. The number of methoxy groups -OCH3 is 1. The Bertz CT molecular complexity index is 244. The first-order valence-corrected chi connectivity index (χ1v) is 4.53. The zero-order valence-electron chi connectivity index (χ0n) is 5.26. The summed E-state index contributed by atoms with van der Waals surface area (Å²) in [4.78, 5) is 11.6. The van der Waals surface area contributed by atoms with Crippen molar-refractivity contribution in [2.75, 3.05) is 7.11 Å². The molecule has 0 saturated heterocycles. The molecule has 1 aromatic heterocycles. The Morgan fingerprint density at radius 2 is 2.50 bits per heavy atom. The van der Waals surface area contributed by atoms with Gasteiger partial charge in [0.25, 0.3) is 0 Å². The molecule has 10 heavy (non-hydrogen) atoms. The molecule has 4 heteroatoms. The van der Waals surface area contributed by atoms with Crippen LogP contribution in [0.2, 0.25) is 0 Å². The highest BCUT2D eigenvalue weighted by molar-refractivity contribution is 14.1. The molecule has 0 N–H and O–H groups in total. The number of hydrogen-bond donors (Lipinski definition) is 0. The molecule has 0 unspecified atom stereocenters. The number of carbonyl (C=O) groups excluding carboxylic acids is 1. The maximum atomic E-state index is 10.9. The summed E-state index contributed by atoms with van der Waals surface area (Å²) in [5, 5.41) is 1.87. The van der Waals surface area contributed by atoms with Gasteiger partial charge >= 0.3 is 5.97 Å². The molecule has 0 saturated carbocycles. The third kappa shape index (κ3) is 1.49. The van der Waals surface area contributed by atoms with Crippen molar-refractivity contribution < 1.29 is 9.53 Å². The van der Waals surface area contributed by atoms with E-state index in [2.05, 4.69) is 27.3 Å². The Morgan fingerprint density at radius 1 is 1.80 bits per heavy atom. The zero-order chi connectivity index (χ0) is 7.56. The lowest BCUT2D eigenvalue weighted by Crippen LogP contribution is -1.99. The molecular weight excluding hydrogens is 263 g/mol. The highest BCUT2D eigenvalue weighted by Crippen LogP contribution is 2.18. The smallest absolute Gasteiger partial charge is 0.349 e. The molecule has 0 radical (unpaired) electrons. The second kappa shape index (κ2) is 3.34. The van der Waals surface area contributed by atoms with E-state index in [9.17, 15) is 4.79 Å². The largest absolute Gasteiger partial charge is 0.465 e. The van der Waals surface area contributed by atoms with E-state index in [1.54, 1.807) is 0 Å². The first-order chi connectivity index (χ1) is 4.75. The summed E-state index contributed by atoms with van der Waals surface area (Å²) in [6, 6.07) is 1.89. The van der Waals surface area contributed by atoms with Crippen LogP contribution >= 0.6 is 33.9 Å². The monoisotopic (exact) mass is 268 g/mol. The first-order valence-electron chi connectivity index (χ1n) is 2.57. The van der Waals surface area contributed by atoms with Gasteiger partial charge in [0.05, 0.1) is 7.11 Å².